The Hall–Kier alpha value is -3.37. The number of amides is 2. The highest BCUT2D eigenvalue weighted by Crippen LogP contribution is 2.37. The van der Waals surface area contributed by atoms with Crippen molar-refractivity contribution < 1.29 is 22.8 Å². The lowest BCUT2D eigenvalue weighted by molar-refractivity contribution is -0.139. The van der Waals surface area contributed by atoms with Crippen molar-refractivity contribution in [1.82, 2.24) is 19.8 Å². The minimum absolute atomic E-state index is 0.0128. The number of H-pyrrole nitrogens is 1. The molecular weight excluding hydrogens is 381 g/mol. The topological polar surface area (TPSA) is 104 Å². The summed E-state index contributed by atoms with van der Waals surface area (Å²) in [5, 5.41) is 2.44. The molecule has 11 heteroatoms. The molecule has 148 valence electrons. The van der Waals surface area contributed by atoms with Gasteiger partial charge in [0.2, 0.25) is 5.91 Å². The Morgan fingerprint density at radius 1 is 1.18 bits per heavy atom. The Morgan fingerprint density at radius 3 is 2.54 bits per heavy atom. The zero-order valence-electron chi connectivity index (χ0n) is 14.5. The van der Waals surface area contributed by atoms with Crippen LogP contribution in [-0.4, -0.2) is 39.4 Å². The van der Waals surface area contributed by atoms with E-state index in [2.05, 4.69) is 5.32 Å². The lowest BCUT2D eigenvalue weighted by Crippen LogP contribution is -2.53. The lowest BCUT2D eigenvalue weighted by Gasteiger charge is -2.36. The van der Waals surface area contributed by atoms with E-state index in [1.54, 1.807) is 0 Å². The number of halogens is 3. The number of rotatable bonds is 2. The highest BCUT2D eigenvalue weighted by Gasteiger charge is 2.42. The molecule has 2 heterocycles. The number of alkyl halides is 3. The van der Waals surface area contributed by atoms with Crippen molar-refractivity contribution >= 4 is 11.8 Å². The zero-order chi connectivity index (χ0) is 20.6. The van der Waals surface area contributed by atoms with Crippen LogP contribution in [0.2, 0.25) is 0 Å². The molecule has 28 heavy (non-hydrogen) atoms. The average molecular weight is 396 g/mol. The fourth-order valence-electron chi connectivity index (χ4n) is 3.06. The van der Waals surface area contributed by atoms with E-state index in [1.165, 1.54) is 19.2 Å². The molecular formula is C17H15F3N4O4. The SMILES string of the molecule is Cn1cc(C(=O)N2CCNC(=O)C2c2ccccc2C(F)(F)F)c(=O)[nH]c1=O. The van der Waals surface area contributed by atoms with Crippen LogP contribution < -0.4 is 16.6 Å². The summed E-state index contributed by atoms with van der Waals surface area (Å²) in [5.41, 5.74) is -3.64. The van der Waals surface area contributed by atoms with Crippen molar-refractivity contribution in [3.63, 3.8) is 0 Å². The monoisotopic (exact) mass is 396 g/mol. The molecule has 8 nitrogen and oxygen atoms in total. The number of aromatic amines is 1. The van der Waals surface area contributed by atoms with Gasteiger partial charge >= 0.3 is 11.9 Å². The van der Waals surface area contributed by atoms with E-state index in [-0.39, 0.29) is 13.1 Å². The van der Waals surface area contributed by atoms with Gasteiger partial charge in [-0.1, -0.05) is 18.2 Å². The molecule has 1 saturated heterocycles. The van der Waals surface area contributed by atoms with Crippen LogP contribution in [0.25, 0.3) is 0 Å². The Morgan fingerprint density at radius 2 is 1.86 bits per heavy atom. The summed E-state index contributed by atoms with van der Waals surface area (Å²) in [6, 6.07) is 2.86. The largest absolute Gasteiger partial charge is 0.416 e. The molecule has 2 N–H and O–H groups in total. The first-order chi connectivity index (χ1) is 13.1. The predicted octanol–water partition coefficient (Wildman–Crippen LogP) is 0.406. The predicted molar refractivity (Wildman–Crippen MR) is 90.5 cm³/mol. The molecule has 1 aliphatic rings. The summed E-state index contributed by atoms with van der Waals surface area (Å²) >= 11 is 0. The standard InChI is InChI=1S/C17H15F3N4O4/c1-23-8-10(13(25)22-16(23)28)15(27)24-7-6-21-14(26)12(24)9-4-2-3-5-11(9)17(18,19)20/h2-5,8,12H,6-7H2,1H3,(H,21,26)(H,22,25,28). The lowest BCUT2D eigenvalue weighted by atomic mass is 9.96. The minimum Gasteiger partial charge on any atom is -0.352 e. The van der Waals surface area contributed by atoms with E-state index >= 15 is 0 Å². The third kappa shape index (κ3) is 3.42. The molecule has 2 amide bonds. The number of carbonyl (C=O) groups excluding carboxylic acids is 2. The third-order valence-corrected chi connectivity index (χ3v) is 4.37. The van der Waals surface area contributed by atoms with Crippen molar-refractivity contribution in [2.75, 3.05) is 13.1 Å². The maximum Gasteiger partial charge on any atom is 0.416 e. The van der Waals surface area contributed by atoms with Gasteiger partial charge in [-0.3, -0.25) is 19.4 Å². The molecule has 1 aromatic carbocycles. The highest BCUT2D eigenvalue weighted by atomic mass is 19.4. The van der Waals surface area contributed by atoms with Crippen LogP contribution in [0, 0.1) is 0 Å². The number of hydrogen-bond donors (Lipinski definition) is 2. The van der Waals surface area contributed by atoms with E-state index in [9.17, 15) is 32.3 Å². The Balaban J connectivity index is 2.12. The molecule has 0 spiro atoms. The minimum atomic E-state index is -4.74. The van der Waals surface area contributed by atoms with Crippen LogP contribution in [0.3, 0.4) is 0 Å². The van der Waals surface area contributed by atoms with E-state index in [0.29, 0.717) is 0 Å². The molecule has 0 radical (unpaired) electrons. The molecule has 0 bridgehead atoms. The molecule has 1 atom stereocenters. The maximum absolute atomic E-state index is 13.4. The van der Waals surface area contributed by atoms with Crippen molar-refractivity contribution in [2.24, 2.45) is 7.05 Å². The van der Waals surface area contributed by atoms with Gasteiger partial charge in [-0.2, -0.15) is 13.2 Å². The molecule has 1 aromatic heterocycles. The fourth-order valence-corrected chi connectivity index (χ4v) is 3.06. The van der Waals surface area contributed by atoms with Crippen molar-refractivity contribution in [1.29, 1.82) is 0 Å². The Bertz CT molecular complexity index is 1060. The number of aryl methyl sites for hydroxylation is 1. The summed E-state index contributed by atoms with van der Waals surface area (Å²) in [4.78, 5) is 51.7. The van der Waals surface area contributed by atoms with Gasteiger partial charge in [0, 0.05) is 26.3 Å². The molecule has 1 unspecified atom stereocenters. The quantitative estimate of drug-likeness (QED) is 0.767. The van der Waals surface area contributed by atoms with Gasteiger partial charge in [-0.25, -0.2) is 4.79 Å². The number of piperazine rings is 1. The first kappa shape index (κ1) is 19.4. The highest BCUT2D eigenvalue weighted by molar-refractivity contribution is 5.98. The van der Waals surface area contributed by atoms with Crippen LogP contribution in [0.1, 0.15) is 27.5 Å². The second kappa shape index (κ2) is 6.98. The number of nitrogens with one attached hydrogen (secondary N) is 2. The summed E-state index contributed by atoms with van der Waals surface area (Å²) in [6.45, 7) is -0.0946. The smallest absolute Gasteiger partial charge is 0.352 e. The Kier molecular flexibility index (Phi) is 4.84. The second-order valence-corrected chi connectivity index (χ2v) is 6.19. The van der Waals surface area contributed by atoms with Crippen LogP contribution in [-0.2, 0) is 18.0 Å². The molecule has 1 aliphatic heterocycles. The summed E-state index contributed by atoms with van der Waals surface area (Å²) in [5.74, 6) is -1.74. The molecule has 0 saturated carbocycles. The first-order valence-electron chi connectivity index (χ1n) is 8.16. The van der Waals surface area contributed by atoms with Crippen molar-refractivity contribution in [3.8, 4) is 0 Å². The normalized spacial score (nSPS) is 17.4. The van der Waals surface area contributed by atoms with Gasteiger partial charge in [0.1, 0.15) is 11.6 Å². The van der Waals surface area contributed by atoms with Gasteiger partial charge in [0.25, 0.3) is 11.5 Å². The summed E-state index contributed by atoms with van der Waals surface area (Å²) in [7, 11) is 1.30. The van der Waals surface area contributed by atoms with Crippen LogP contribution >= 0.6 is 0 Å². The average Bonchev–Trinajstić information content (AvgIpc) is 2.63. The second-order valence-electron chi connectivity index (χ2n) is 6.19. The van der Waals surface area contributed by atoms with Gasteiger partial charge in [0.05, 0.1) is 5.56 Å². The molecule has 3 rings (SSSR count). The summed E-state index contributed by atoms with van der Waals surface area (Å²) in [6.07, 6.45) is -3.75. The van der Waals surface area contributed by atoms with E-state index in [1.807, 2.05) is 4.98 Å². The summed E-state index contributed by atoms with van der Waals surface area (Å²) < 4.78 is 41.2. The van der Waals surface area contributed by atoms with Gasteiger partial charge in [-0.05, 0) is 11.6 Å². The Labute approximate surface area is 155 Å². The number of aromatic nitrogens is 2. The zero-order valence-corrected chi connectivity index (χ0v) is 14.5. The van der Waals surface area contributed by atoms with Crippen LogP contribution in [0.5, 0.6) is 0 Å². The fraction of sp³-hybridized carbons (Fsp3) is 0.294. The number of nitrogens with zero attached hydrogens (tertiary/aromatic N) is 2. The molecule has 0 aliphatic carbocycles. The number of hydrogen-bond acceptors (Lipinski definition) is 4. The van der Waals surface area contributed by atoms with Gasteiger partial charge in [-0.15, -0.1) is 0 Å². The van der Waals surface area contributed by atoms with Crippen LogP contribution in [0.4, 0.5) is 13.2 Å². The van der Waals surface area contributed by atoms with Crippen molar-refractivity contribution in [3.05, 3.63) is 68.0 Å². The number of carbonyl (C=O) groups is 2. The van der Waals surface area contributed by atoms with Crippen molar-refractivity contribution in [2.45, 2.75) is 12.2 Å². The van der Waals surface area contributed by atoms with E-state index < -0.39 is 52.0 Å². The van der Waals surface area contributed by atoms with E-state index in [0.717, 1.165) is 27.8 Å². The number of benzene rings is 1. The van der Waals surface area contributed by atoms with E-state index in [4.69, 9.17) is 0 Å². The maximum atomic E-state index is 13.4. The van der Waals surface area contributed by atoms with Crippen LogP contribution in [0.15, 0.2) is 40.1 Å². The molecule has 2 aromatic rings. The first-order valence-corrected chi connectivity index (χ1v) is 8.16. The van der Waals surface area contributed by atoms with Gasteiger partial charge < -0.3 is 14.8 Å². The van der Waals surface area contributed by atoms with Gasteiger partial charge in [0.15, 0.2) is 0 Å². The third-order valence-electron chi connectivity index (χ3n) is 4.37. The molecule has 1 fully saturated rings.